The number of hydrogen-bond acceptors (Lipinski definition) is 1. The van der Waals surface area contributed by atoms with Crippen LogP contribution in [0.1, 0.15) is 18.4 Å². The molecule has 0 radical (unpaired) electrons. The molecule has 0 aromatic heterocycles. The number of hydrogen-bond donors (Lipinski definition) is 1. The molecule has 100 valence electrons. The average Bonchev–Trinajstić information content (AvgIpc) is 3.00. The highest BCUT2D eigenvalue weighted by atomic mass is 19.1. The molecule has 1 aliphatic carbocycles. The van der Waals surface area contributed by atoms with E-state index in [1.54, 1.807) is 18.2 Å². The van der Waals surface area contributed by atoms with Crippen molar-refractivity contribution in [2.75, 3.05) is 6.54 Å². The van der Waals surface area contributed by atoms with Gasteiger partial charge in [-0.05, 0) is 42.2 Å². The van der Waals surface area contributed by atoms with Crippen LogP contribution in [0.5, 0.6) is 0 Å². The Morgan fingerprint density at radius 3 is 2.79 bits per heavy atom. The van der Waals surface area contributed by atoms with Crippen LogP contribution in [0.4, 0.5) is 8.78 Å². The highest BCUT2D eigenvalue weighted by Crippen LogP contribution is 2.45. The Balaban J connectivity index is 1.67. The highest BCUT2D eigenvalue weighted by Gasteiger charge is 2.44. The number of alkyl halides is 1. The second kappa shape index (κ2) is 4.89. The van der Waals surface area contributed by atoms with Crippen LogP contribution in [0, 0.1) is 5.82 Å². The second-order valence-corrected chi connectivity index (χ2v) is 5.35. The van der Waals surface area contributed by atoms with Crippen LogP contribution in [0.15, 0.2) is 48.1 Å². The van der Waals surface area contributed by atoms with Gasteiger partial charge in [0.2, 0.25) is 0 Å². The molecule has 3 rings (SSSR count). The van der Waals surface area contributed by atoms with Crippen LogP contribution in [-0.4, -0.2) is 18.3 Å². The van der Waals surface area contributed by atoms with Crippen molar-refractivity contribution in [3.05, 3.63) is 59.4 Å². The van der Waals surface area contributed by atoms with Gasteiger partial charge < -0.3 is 5.32 Å². The lowest BCUT2D eigenvalue weighted by atomic mass is 10.00. The quantitative estimate of drug-likeness (QED) is 0.805. The maximum atomic E-state index is 14.1. The molecule has 0 saturated carbocycles. The van der Waals surface area contributed by atoms with E-state index in [-0.39, 0.29) is 11.9 Å². The molecule has 0 amide bonds. The van der Waals surface area contributed by atoms with Crippen molar-refractivity contribution < 1.29 is 8.78 Å². The molecule has 2 atom stereocenters. The number of nitrogens with one attached hydrogen (secondary N) is 1. The first-order chi connectivity index (χ1) is 9.16. The number of benzene rings is 1. The number of rotatable bonds is 2. The van der Waals surface area contributed by atoms with E-state index in [1.807, 2.05) is 12.2 Å². The molecule has 2 unspecified atom stereocenters. The fourth-order valence-electron chi connectivity index (χ4n) is 2.62. The van der Waals surface area contributed by atoms with Crippen LogP contribution >= 0.6 is 0 Å². The molecular formula is C16H17F2N. The summed E-state index contributed by atoms with van der Waals surface area (Å²) in [6, 6.07) is 6.74. The monoisotopic (exact) mass is 261 g/mol. The molecule has 1 aromatic rings. The Bertz CT molecular complexity index is 518. The topological polar surface area (TPSA) is 12.0 Å². The summed E-state index contributed by atoms with van der Waals surface area (Å²) in [5.74, 6) is -0.221. The van der Waals surface area contributed by atoms with E-state index in [9.17, 15) is 8.78 Å². The Hall–Kier alpha value is -1.48. The lowest BCUT2D eigenvalue weighted by Crippen LogP contribution is -2.31. The largest absolute Gasteiger partial charge is 0.310 e. The SMILES string of the molecule is Fc1ccc(CC2CC3=CC3(F)C/C=C/CN2)cc1. The zero-order valence-electron chi connectivity index (χ0n) is 10.7. The van der Waals surface area contributed by atoms with Crippen LogP contribution < -0.4 is 5.32 Å². The molecule has 0 fully saturated rings. The van der Waals surface area contributed by atoms with E-state index in [0.29, 0.717) is 6.42 Å². The van der Waals surface area contributed by atoms with Crippen LogP contribution in [0.25, 0.3) is 0 Å². The van der Waals surface area contributed by atoms with Crippen molar-refractivity contribution in [3.63, 3.8) is 0 Å². The van der Waals surface area contributed by atoms with Crippen molar-refractivity contribution in [2.45, 2.75) is 31.0 Å². The van der Waals surface area contributed by atoms with Gasteiger partial charge in [-0.3, -0.25) is 0 Å². The minimum Gasteiger partial charge on any atom is -0.310 e. The summed E-state index contributed by atoms with van der Waals surface area (Å²) >= 11 is 0. The molecule has 0 bridgehead atoms. The van der Waals surface area contributed by atoms with E-state index in [0.717, 1.165) is 30.5 Å². The van der Waals surface area contributed by atoms with Gasteiger partial charge >= 0.3 is 0 Å². The van der Waals surface area contributed by atoms with E-state index in [1.165, 1.54) is 12.1 Å². The van der Waals surface area contributed by atoms with Gasteiger partial charge in [0.25, 0.3) is 0 Å². The lowest BCUT2D eigenvalue weighted by Gasteiger charge is -2.17. The van der Waals surface area contributed by atoms with Crippen molar-refractivity contribution >= 4 is 0 Å². The van der Waals surface area contributed by atoms with Crippen LogP contribution in [0.3, 0.4) is 0 Å². The standard InChI is InChI=1S/C16H17F2N/c17-14-5-3-12(4-6-14)9-15-10-13-11-16(13,18)7-1-2-8-19-15/h1-6,11,15,19H,7-10H2/b2-1+. The number of allylic oxidation sites excluding steroid dienone is 2. The zero-order valence-corrected chi connectivity index (χ0v) is 10.7. The maximum Gasteiger partial charge on any atom is 0.154 e. The zero-order chi connectivity index (χ0) is 13.3. The summed E-state index contributed by atoms with van der Waals surface area (Å²) in [6.45, 7) is 0.759. The van der Waals surface area contributed by atoms with Gasteiger partial charge in [-0.1, -0.05) is 24.3 Å². The lowest BCUT2D eigenvalue weighted by molar-refractivity contribution is 0.329. The fraction of sp³-hybridized carbons (Fsp3) is 0.375. The highest BCUT2D eigenvalue weighted by molar-refractivity contribution is 5.44. The third-order valence-electron chi connectivity index (χ3n) is 3.82. The third-order valence-corrected chi connectivity index (χ3v) is 3.82. The van der Waals surface area contributed by atoms with E-state index < -0.39 is 5.67 Å². The summed E-state index contributed by atoms with van der Waals surface area (Å²) in [5, 5.41) is 3.41. The first kappa shape index (κ1) is 12.5. The first-order valence-corrected chi connectivity index (χ1v) is 6.70. The molecule has 3 heteroatoms. The molecule has 0 saturated heterocycles. The molecule has 19 heavy (non-hydrogen) atoms. The molecule has 0 spiro atoms. The maximum absolute atomic E-state index is 14.1. The Morgan fingerprint density at radius 1 is 1.21 bits per heavy atom. The average molecular weight is 261 g/mol. The van der Waals surface area contributed by atoms with Gasteiger partial charge in [0.1, 0.15) is 5.82 Å². The number of fused-ring (bicyclic) bond motifs is 1. The summed E-state index contributed by atoms with van der Waals surface area (Å²) in [6.07, 6.45) is 7.59. The summed E-state index contributed by atoms with van der Waals surface area (Å²) < 4.78 is 27.0. The van der Waals surface area contributed by atoms with Crippen molar-refractivity contribution in [1.29, 1.82) is 0 Å². The summed E-state index contributed by atoms with van der Waals surface area (Å²) in [4.78, 5) is 0. The van der Waals surface area contributed by atoms with E-state index in [4.69, 9.17) is 0 Å². The van der Waals surface area contributed by atoms with Crippen molar-refractivity contribution in [2.24, 2.45) is 0 Å². The molecule has 1 aromatic carbocycles. The molecule has 1 N–H and O–H groups in total. The van der Waals surface area contributed by atoms with Gasteiger partial charge in [0.05, 0.1) is 0 Å². The first-order valence-electron chi connectivity index (χ1n) is 6.70. The molecular weight excluding hydrogens is 244 g/mol. The third kappa shape index (κ3) is 2.92. The summed E-state index contributed by atoms with van der Waals surface area (Å²) in [7, 11) is 0. The minimum absolute atomic E-state index is 0.206. The van der Waals surface area contributed by atoms with Crippen molar-refractivity contribution in [3.8, 4) is 0 Å². The van der Waals surface area contributed by atoms with Gasteiger partial charge in [-0.25, -0.2) is 8.78 Å². The predicted molar refractivity (Wildman–Crippen MR) is 72.2 cm³/mol. The van der Waals surface area contributed by atoms with Crippen molar-refractivity contribution in [1.82, 2.24) is 5.32 Å². The fourth-order valence-corrected chi connectivity index (χ4v) is 2.62. The van der Waals surface area contributed by atoms with Crippen LogP contribution in [-0.2, 0) is 6.42 Å². The van der Waals surface area contributed by atoms with Gasteiger partial charge in [0, 0.05) is 19.0 Å². The summed E-state index contributed by atoms with van der Waals surface area (Å²) in [5.41, 5.74) is 0.815. The molecule has 1 aliphatic heterocycles. The second-order valence-electron chi connectivity index (χ2n) is 5.35. The van der Waals surface area contributed by atoms with E-state index in [2.05, 4.69) is 5.32 Å². The molecule has 1 heterocycles. The molecule has 1 nitrogen and oxygen atoms in total. The predicted octanol–water partition coefficient (Wildman–Crippen LogP) is 3.32. The van der Waals surface area contributed by atoms with Gasteiger partial charge in [0.15, 0.2) is 5.67 Å². The Morgan fingerprint density at radius 2 is 2.00 bits per heavy atom. The van der Waals surface area contributed by atoms with E-state index >= 15 is 0 Å². The van der Waals surface area contributed by atoms with Gasteiger partial charge in [-0.2, -0.15) is 0 Å². The Kier molecular flexibility index (Phi) is 3.23. The normalized spacial score (nSPS) is 31.5. The number of halogens is 2. The smallest absolute Gasteiger partial charge is 0.154 e. The minimum atomic E-state index is -1.16. The van der Waals surface area contributed by atoms with Crippen LogP contribution in [0.2, 0.25) is 0 Å². The Labute approximate surface area is 112 Å². The molecule has 2 aliphatic rings. The van der Waals surface area contributed by atoms with Gasteiger partial charge in [-0.15, -0.1) is 0 Å².